The lowest BCUT2D eigenvalue weighted by Crippen LogP contribution is -2.66. The lowest BCUT2D eigenvalue weighted by molar-refractivity contribution is -0.376. The van der Waals surface area contributed by atoms with Crippen LogP contribution in [0.3, 0.4) is 0 Å². The maximum Gasteiger partial charge on any atom is 0.175 e. The zero-order valence-electron chi connectivity index (χ0n) is 8.78. The highest BCUT2D eigenvalue weighted by atomic mass is 16.7. The van der Waals surface area contributed by atoms with Crippen LogP contribution >= 0.6 is 0 Å². The van der Waals surface area contributed by atoms with E-state index in [1.54, 1.807) is 0 Å². The molecule has 0 aromatic carbocycles. The molecule has 4 fully saturated rings. The molecular formula is C12H16O3. The highest BCUT2D eigenvalue weighted by Gasteiger charge is 2.72. The second-order valence-corrected chi connectivity index (χ2v) is 5.42. The predicted molar refractivity (Wildman–Crippen MR) is 52.1 cm³/mol. The van der Waals surface area contributed by atoms with Crippen molar-refractivity contribution >= 4 is 5.78 Å². The normalized spacial score (nSPS) is 50.5. The molecule has 0 aromatic rings. The van der Waals surface area contributed by atoms with Crippen LogP contribution in [0.4, 0.5) is 0 Å². The Morgan fingerprint density at radius 3 is 2.73 bits per heavy atom. The van der Waals surface area contributed by atoms with E-state index >= 15 is 0 Å². The van der Waals surface area contributed by atoms with Crippen molar-refractivity contribution in [3.05, 3.63) is 0 Å². The number of Topliss-reactive ketones (excluding diaryl/α,β-unsaturated/α-hetero) is 1. The first-order chi connectivity index (χ1) is 7.33. The van der Waals surface area contributed by atoms with E-state index in [1.165, 1.54) is 0 Å². The van der Waals surface area contributed by atoms with E-state index < -0.39 is 0 Å². The van der Waals surface area contributed by atoms with Crippen LogP contribution in [0, 0.1) is 23.7 Å². The van der Waals surface area contributed by atoms with Gasteiger partial charge in [-0.1, -0.05) is 0 Å². The Bertz CT molecular complexity index is 311. The lowest BCUT2D eigenvalue weighted by atomic mass is 9.58. The van der Waals surface area contributed by atoms with E-state index in [2.05, 4.69) is 0 Å². The number of carbonyl (C=O) groups excluding carboxylic acids is 1. The van der Waals surface area contributed by atoms with E-state index in [4.69, 9.17) is 9.47 Å². The van der Waals surface area contributed by atoms with E-state index in [0.29, 0.717) is 29.5 Å². The summed E-state index contributed by atoms with van der Waals surface area (Å²) in [4.78, 5) is 11.9. The van der Waals surface area contributed by atoms with Gasteiger partial charge in [-0.2, -0.15) is 0 Å². The number of carbonyl (C=O) groups is 1. The monoisotopic (exact) mass is 208 g/mol. The molecule has 3 heteroatoms. The highest BCUT2D eigenvalue weighted by molar-refractivity contribution is 5.88. The van der Waals surface area contributed by atoms with Crippen LogP contribution in [0.5, 0.6) is 0 Å². The standard InChI is InChI=1S/C12H16O3/c13-11-7-2-3-8-10(11)9(6-7)12(8)14-4-1-5-15-12/h7-10H,1-6H2/t7-,8-,9+,10+/m0/s1. The van der Waals surface area contributed by atoms with Crippen LogP contribution in [0.2, 0.25) is 0 Å². The summed E-state index contributed by atoms with van der Waals surface area (Å²) >= 11 is 0. The van der Waals surface area contributed by atoms with Gasteiger partial charge in [-0.25, -0.2) is 0 Å². The largest absolute Gasteiger partial charge is 0.349 e. The first-order valence-electron chi connectivity index (χ1n) is 6.14. The second kappa shape index (κ2) is 2.64. The van der Waals surface area contributed by atoms with Gasteiger partial charge in [0, 0.05) is 23.7 Å². The summed E-state index contributed by atoms with van der Waals surface area (Å²) in [7, 11) is 0. The first kappa shape index (κ1) is 8.71. The smallest absolute Gasteiger partial charge is 0.175 e. The topological polar surface area (TPSA) is 35.5 Å². The third kappa shape index (κ3) is 0.841. The summed E-state index contributed by atoms with van der Waals surface area (Å²) in [6.07, 6.45) is 4.24. The fraction of sp³-hybridized carbons (Fsp3) is 0.917. The molecule has 0 N–H and O–H groups in total. The van der Waals surface area contributed by atoms with Gasteiger partial charge in [-0.05, 0) is 25.7 Å². The van der Waals surface area contributed by atoms with Gasteiger partial charge in [-0.15, -0.1) is 0 Å². The molecule has 1 saturated heterocycles. The fourth-order valence-electron chi connectivity index (χ4n) is 4.35. The minimum atomic E-state index is -0.330. The molecule has 82 valence electrons. The predicted octanol–water partition coefficient (Wildman–Crippen LogP) is 1.36. The summed E-state index contributed by atoms with van der Waals surface area (Å²) in [6.45, 7) is 1.64. The first-order valence-corrected chi connectivity index (χ1v) is 6.14. The van der Waals surface area contributed by atoms with Gasteiger partial charge in [0.05, 0.1) is 13.2 Å². The van der Waals surface area contributed by atoms with Crippen LogP contribution in [0.15, 0.2) is 0 Å². The Kier molecular flexibility index (Phi) is 1.53. The van der Waals surface area contributed by atoms with E-state index in [1.807, 2.05) is 0 Å². The lowest BCUT2D eigenvalue weighted by Gasteiger charge is -2.58. The molecule has 3 saturated carbocycles. The molecule has 0 radical (unpaired) electrons. The van der Waals surface area contributed by atoms with Gasteiger partial charge < -0.3 is 9.47 Å². The number of rotatable bonds is 0. The zero-order chi connectivity index (χ0) is 10.0. The quantitative estimate of drug-likeness (QED) is 0.603. The van der Waals surface area contributed by atoms with Gasteiger partial charge in [0.1, 0.15) is 5.78 Å². The third-order valence-electron chi connectivity index (χ3n) is 4.94. The van der Waals surface area contributed by atoms with Gasteiger partial charge >= 0.3 is 0 Å². The Morgan fingerprint density at radius 1 is 1.13 bits per heavy atom. The zero-order valence-corrected chi connectivity index (χ0v) is 8.78. The minimum Gasteiger partial charge on any atom is -0.349 e. The molecular weight excluding hydrogens is 192 g/mol. The van der Waals surface area contributed by atoms with E-state index in [-0.39, 0.29) is 5.79 Å². The van der Waals surface area contributed by atoms with Crippen LogP contribution in [0.25, 0.3) is 0 Å². The van der Waals surface area contributed by atoms with Crippen molar-refractivity contribution < 1.29 is 14.3 Å². The SMILES string of the molecule is O=C1[C@H]2CC[C@H]3[C@@H]1[C@@H](C2)C31OCCCO1. The molecule has 3 aliphatic carbocycles. The molecule has 15 heavy (non-hydrogen) atoms. The van der Waals surface area contributed by atoms with Crippen molar-refractivity contribution in [3.8, 4) is 0 Å². The summed E-state index contributed by atoms with van der Waals surface area (Å²) < 4.78 is 11.8. The van der Waals surface area contributed by atoms with E-state index in [0.717, 1.165) is 38.9 Å². The number of ether oxygens (including phenoxy) is 2. The van der Waals surface area contributed by atoms with Crippen molar-refractivity contribution in [1.29, 1.82) is 0 Å². The van der Waals surface area contributed by atoms with Gasteiger partial charge in [-0.3, -0.25) is 4.79 Å². The summed E-state index contributed by atoms with van der Waals surface area (Å²) in [5, 5.41) is 0. The molecule has 3 nitrogen and oxygen atoms in total. The molecule has 1 heterocycles. The van der Waals surface area contributed by atoms with Crippen LogP contribution in [-0.2, 0) is 14.3 Å². The van der Waals surface area contributed by atoms with Crippen molar-refractivity contribution in [2.75, 3.05) is 13.2 Å². The van der Waals surface area contributed by atoms with Crippen LogP contribution in [-0.4, -0.2) is 24.8 Å². The Balaban J connectivity index is 1.72. The van der Waals surface area contributed by atoms with E-state index in [9.17, 15) is 4.79 Å². The summed E-state index contributed by atoms with van der Waals surface area (Å²) in [5.74, 6) is 1.59. The van der Waals surface area contributed by atoms with Crippen LogP contribution in [0.1, 0.15) is 25.7 Å². The van der Waals surface area contributed by atoms with Crippen molar-refractivity contribution in [2.45, 2.75) is 31.5 Å². The molecule has 1 spiro atoms. The average molecular weight is 208 g/mol. The second-order valence-electron chi connectivity index (χ2n) is 5.42. The molecule has 4 rings (SSSR count). The van der Waals surface area contributed by atoms with Crippen molar-refractivity contribution in [2.24, 2.45) is 23.7 Å². The minimum absolute atomic E-state index is 0.293. The molecule has 1 aliphatic heterocycles. The summed E-state index contributed by atoms with van der Waals surface area (Å²) in [5.41, 5.74) is 0. The molecule has 4 aliphatic rings. The Labute approximate surface area is 89.1 Å². The molecule has 4 atom stereocenters. The maximum absolute atomic E-state index is 11.9. The fourth-order valence-corrected chi connectivity index (χ4v) is 4.35. The highest BCUT2D eigenvalue weighted by Crippen LogP contribution is 2.65. The number of hydrogen-bond donors (Lipinski definition) is 0. The molecule has 0 unspecified atom stereocenters. The van der Waals surface area contributed by atoms with Crippen molar-refractivity contribution in [1.82, 2.24) is 0 Å². The van der Waals surface area contributed by atoms with Gasteiger partial charge in [0.2, 0.25) is 0 Å². The van der Waals surface area contributed by atoms with Crippen LogP contribution < -0.4 is 0 Å². The van der Waals surface area contributed by atoms with Crippen molar-refractivity contribution in [3.63, 3.8) is 0 Å². The van der Waals surface area contributed by atoms with Gasteiger partial charge in [0.15, 0.2) is 5.79 Å². The molecule has 2 bridgehead atoms. The third-order valence-corrected chi connectivity index (χ3v) is 4.94. The number of ketones is 1. The average Bonchev–Trinajstić information content (AvgIpc) is 2.47. The Morgan fingerprint density at radius 2 is 1.93 bits per heavy atom. The maximum atomic E-state index is 11.9. The summed E-state index contributed by atoms with van der Waals surface area (Å²) in [6, 6.07) is 0. The Hall–Kier alpha value is -0.410. The van der Waals surface area contributed by atoms with Gasteiger partial charge in [0.25, 0.3) is 0 Å². The number of hydrogen-bond acceptors (Lipinski definition) is 3. The number of fused-ring (bicyclic) bond motifs is 3. The molecule has 0 amide bonds. The molecule has 0 aromatic heterocycles.